The van der Waals surface area contributed by atoms with Crippen LogP contribution in [0.15, 0.2) is 102 Å². The van der Waals surface area contributed by atoms with Crippen LogP contribution >= 0.6 is 0 Å². The Labute approximate surface area is 196 Å². The van der Waals surface area contributed by atoms with Gasteiger partial charge in [-0.1, -0.05) is 72.8 Å². The van der Waals surface area contributed by atoms with Crippen LogP contribution in [0.4, 0.5) is 0 Å². The minimum Gasteiger partial charge on any atom is -0.475 e. The zero-order chi connectivity index (χ0) is 23.7. The van der Waals surface area contributed by atoms with Gasteiger partial charge in [0.25, 0.3) is 11.8 Å². The lowest BCUT2D eigenvalue weighted by molar-refractivity contribution is 0.0639. The summed E-state index contributed by atoms with van der Waals surface area (Å²) in [4.78, 5) is 39.6. The summed E-state index contributed by atoms with van der Waals surface area (Å²) in [5, 5.41) is 0. The molecule has 6 heteroatoms. The molecule has 4 aromatic rings. The first-order valence-corrected chi connectivity index (χ1v) is 10.9. The number of pyridine rings is 1. The first-order chi connectivity index (χ1) is 16.5. The highest BCUT2D eigenvalue weighted by atomic mass is 16.5. The molecule has 0 spiro atoms. The molecule has 0 saturated carbocycles. The number of carbonyl (C=O) groups is 2. The van der Waals surface area contributed by atoms with Crippen molar-refractivity contribution in [2.24, 2.45) is 7.05 Å². The van der Waals surface area contributed by atoms with Crippen LogP contribution in [-0.2, 0) is 13.6 Å². The number of benzene rings is 3. The molecule has 2 heterocycles. The Hall–Kier alpha value is -4.45. The predicted molar refractivity (Wildman–Crippen MR) is 128 cm³/mol. The Morgan fingerprint density at radius 2 is 1.24 bits per heavy atom. The van der Waals surface area contributed by atoms with E-state index in [2.05, 4.69) is 0 Å². The smallest absolute Gasteiger partial charge is 0.261 e. The molecular formula is C28H22N2O4. The summed E-state index contributed by atoms with van der Waals surface area (Å²) in [7, 11) is 1.76. The number of nitrogens with zero attached hydrogens (tertiary/aromatic N) is 2. The maximum Gasteiger partial charge on any atom is 0.261 e. The molecular weight excluding hydrogens is 428 g/mol. The van der Waals surface area contributed by atoms with Crippen LogP contribution in [-0.4, -0.2) is 21.3 Å². The zero-order valence-corrected chi connectivity index (χ0v) is 18.5. The molecule has 3 aromatic carbocycles. The third-order valence-electron chi connectivity index (χ3n) is 5.95. The van der Waals surface area contributed by atoms with Gasteiger partial charge in [-0.3, -0.25) is 19.3 Å². The lowest BCUT2D eigenvalue weighted by atomic mass is 10.0. The highest BCUT2D eigenvalue weighted by molar-refractivity contribution is 6.21. The molecule has 1 aromatic heterocycles. The summed E-state index contributed by atoms with van der Waals surface area (Å²) >= 11 is 0. The van der Waals surface area contributed by atoms with E-state index in [0.717, 1.165) is 16.0 Å². The van der Waals surface area contributed by atoms with E-state index in [0.29, 0.717) is 16.8 Å². The number of fused-ring (bicyclic) bond motifs is 1. The van der Waals surface area contributed by atoms with Crippen molar-refractivity contribution in [2.75, 3.05) is 0 Å². The molecule has 168 valence electrons. The van der Waals surface area contributed by atoms with Gasteiger partial charge in [-0.25, -0.2) is 0 Å². The van der Waals surface area contributed by atoms with E-state index in [9.17, 15) is 14.4 Å². The quantitative estimate of drug-likeness (QED) is 0.410. The van der Waals surface area contributed by atoms with Gasteiger partial charge < -0.3 is 9.30 Å². The van der Waals surface area contributed by atoms with Crippen LogP contribution in [0.25, 0.3) is 0 Å². The summed E-state index contributed by atoms with van der Waals surface area (Å²) < 4.78 is 7.95. The minimum absolute atomic E-state index is 0.000828. The predicted octanol–water partition coefficient (Wildman–Crippen LogP) is 4.35. The average molecular weight is 450 g/mol. The Morgan fingerprint density at radius 1 is 0.735 bits per heavy atom. The highest BCUT2D eigenvalue weighted by Crippen LogP contribution is 2.28. The van der Waals surface area contributed by atoms with E-state index in [1.807, 2.05) is 60.7 Å². The second-order valence-electron chi connectivity index (χ2n) is 8.17. The fraction of sp³-hybridized carbons (Fsp3) is 0.107. The second kappa shape index (κ2) is 8.83. The van der Waals surface area contributed by atoms with Crippen molar-refractivity contribution in [3.05, 3.63) is 135 Å². The Bertz CT molecular complexity index is 1350. The average Bonchev–Trinajstić information content (AvgIpc) is 3.11. The molecule has 0 bridgehead atoms. The fourth-order valence-corrected chi connectivity index (χ4v) is 4.15. The number of hydrogen-bond donors (Lipinski definition) is 0. The van der Waals surface area contributed by atoms with Gasteiger partial charge in [0.05, 0.1) is 23.9 Å². The van der Waals surface area contributed by atoms with Crippen LogP contribution in [0, 0.1) is 0 Å². The number of carbonyl (C=O) groups excluding carboxylic acids is 2. The van der Waals surface area contributed by atoms with E-state index in [4.69, 9.17) is 4.74 Å². The van der Waals surface area contributed by atoms with Crippen molar-refractivity contribution in [1.29, 1.82) is 0 Å². The van der Waals surface area contributed by atoms with Crippen LogP contribution in [0.5, 0.6) is 5.75 Å². The van der Waals surface area contributed by atoms with Gasteiger partial charge in [-0.15, -0.1) is 0 Å². The number of aryl methyl sites for hydroxylation is 1. The van der Waals surface area contributed by atoms with Crippen molar-refractivity contribution in [3.63, 3.8) is 0 Å². The standard InChI is InChI=1S/C28H22N2O4/c1-29-18-25(34-26(19-10-4-2-5-11-19)20-12-6-3-7-13-20)24(31)16-21(29)17-30-27(32)22-14-8-9-15-23(22)28(30)33/h2-16,18,26H,17H2,1H3. The van der Waals surface area contributed by atoms with Gasteiger partial charge in [-0.2, -0.15) is 0 Å². The molecule has 0 unspecified atom stereocenters. The van der Waals surface area contributed by atoms with Gasteiger partial charge >= 0.3 is 0 Å². The van der Waals surface area contributed by atoms with Crippen LogP contribution < -0.4 is 10.2 Å². The molecule has 1 aliphatic heterocycles. The molecule has 0 N–H and O–H groups in total. The molecule has 0 atom stereocenters. The monoisotopic (exact) mass is 450 g/mol. The maximum atomic E-state index is 13.0. The van der Waals surface area contributed by atoms with Gasteiger partial charge in [0.15, 0.2) is 5.75 Å². The topological polar surface area (TPSA) is 68.6 Å². The first kappa shape index (κ1) is 21.4. The fourth-order valence-electron chi connectivity index (χ4n) is 4.15. The minimum atomic E-state index is -0.461. The molecule has 0 saturated heterocycles. The summed E-state index contributed by atoms with van der Waals surface area (Å²) in [6.45, 7) is -0.000828. The van der Waals surface area contributed by atoms with Gasteiger partial charge in [0.2, 0.25) is 5.43 Å². The van der Waals surface area contributed by atoms with Crippen LogP contribution in [0.2, 0.25) is 0 Å². The number of aromatic nitrogens is 1. The normalized spacial score (nSPS) is 12.8. The van der Waals surface area contributed by atoms with Crippen molar-refractivity contribution < 1.29 is 14.3 Å². The number of ether oxygens (including phenoxy) is 1. The molecule has 2 amide bonds. The summed E-state index contributed by atoms with van der Waals surface area (Å²) in [5.41, 5.74) is 2.82. The number of imide groups is 1. The van der Waals surface area contributed by atoms with E-state index in [-0.39, 0.29) is 29.5 Å². The number of rotatable bonds is 6. The summed E-state index contributed by atoms with van der Waals surface area (Å²) in [6, 6.07) is 27.6. The molecule has 0 aliphatic carbocycles. The van der Waals surface area contributed by atoms with E-state index in [1.54, 1.807) is 42.1 Å². The molecule has 5 rings (SSSR count). The van der Waals surface area contributed by atoms with Crippen LogP contribution in [0.3, 0.4) is 0 Å². The largest absolute Gasteiger partial charge is 0.475 e. The van der Waals surface area contributed by atoms with Gasteiger partial charge in [0.1, 0.15) is 6.10 Å². The van der Waals surface area contributed by atoms with E-state index in [1.165, 1.54) is 6.07 Å². The second-order valence-corrected chi connectivity index (χ2v) is 8.17. The molecule has 1 aliphatic rings. The van der Waals surface area contributed by atoms with E-state index >= 15 is 0 Å². The third-order valence-corrected chi connectivity index (χ3v) is 5.95. The van der Waals surface area contributed by atoms with Crippen molar-refractivity contribution >= 4 is 11.8 Å². The molecule has 0 radical (unpaired) electrons. The van der Waals surface area contributed by atoms with E-state index < -0.39 is 6.10 Å². The van der Waals surface area contributed by atoms with Crippen LogP contribution in [0.1, 0.15) is 43.6 Å². The Kier molecular flexibility index (Phi) is 5.55. The number of hydrogen-bond acceptors (Lipinski definition) is 4. The summed E-state index contributed by atoms with van der Waals surface area (Å²) in [6.07, 6.45) is 1.14. The third kappa shape index (κ3) is 3.90. The Balaban J connectivity index is 1.44. The Morgan fingerprint density at radius 3 is 1.76 bits per heavy atom. The SMILES string of the molecule is Cn1cc(OC(c2ccccc2)c2ccccc2)c(=O)cc1CN1C(=O)c2ccccc2C1=O. The van der Waals surface area contributed by atoms with Crippen molar-refractivity contribution in [2.45, 2.75) is 12.6 Å². The van der Waals surface area contributed by atoms with Gasteiger partial charge in [0, 0.05) is 18.8 Å². The molecule has 0 fully saturated rings. The highest BCUT2D eigenvalue weighted by Gasteiger charge is 2.35. The van der Waals surface area contributed by atoms with Crippen molar-refractivity contribution in [3.8, 4) is 5.75 Å². The lowest BCUT2D eigenvalue weighted by Gasteiger charge is -2.21. The number of amides is 2. The first-order valence-electron chi connectivity index (χ1n) is 10.9. The molecule has 34 heavy (non-hydrogen) atoms. The lowest BCUT2D eigenvalue weighted by Crippen LogP contribution is -2.31. The maximum absolute atomic E-state index is 13.0. The summed E-state index contributed by atoms with van der Waals surface area (Å²) in [5.74, 6) is -0.533. The zero-order valence-electron chi connectivity index (χ0n) is 18.5. The van der Waals surface area contributed by atoms with Crippen molar-refractivity contribution in [1.82, 2.24) is 9.47 Å². The van der Waals surface area contributed by atoms with Gasteiger partial charge in [-0.05, 0) is 23.3 Å². The molecule has 6 nitrogen and oxygen atoms in total.